The normalized spacial score (nSPS) is 21.9. The molecule has 1 aliphatic rings. The number of hydrogen-bond acceptors (Lipinski definition) is 2. The molecule has 2 rings (SSSR count). The highest BCUT2D eigenvalue weighted by molar-refractivity contribution is 5.29. The van der Waals surface area contributed by atoms with E-state index in [2.05, 4.69) is 17.4 Å². The summed E-state index contributed by atoms with van der Waals surface area (Å²) >= 11 is 0. The van der Waals surface area contributed by atoms with Gasteiger partial charge < -0.3 is 10.1 Å². The molecule has 1 aliphatic heterocycles. The van der Waals surface area contributed by atoms with Crippen LogP contribution >= 0.6 is 0 Å². The fraction of sp³-hybridized carbons (Fsp3) is 0.500. The number of rotatable bonds is 2. The zero-order valence-corrected chi connectivity index (χ0v) is 8.62. The Morgan fingerprint density at radius 2 is 2.00 bits per heavy atom. The lowest BCUT2D eigenvalue weighted by molar-refractivity contribution is 0.406. The highest BCUT2D eigenvalue weighted by Crippen LogP contribution is 2.24. The molecule has 0 amide bonds. The van der Waals surface area contributed by atoms with Crippen LogP contribution in [0.1, 0.15) is 30.9 Å². The molecule has 0 saturated carbocycles. The molecule has 2 heteroatoms. The summed E-state index contributed by atoms with van der Waals surface area (Å²) < 4.78 is 5.14. The molecule has 1 aromatic rings. The molecular weight excluding hydrogens is 174 g/mol. The van der Waals surface area contributed by atoms with Crippen molar-refractivity contribution in [1.29, 1.82) is 0 Å². The monoisotopic (exact) mass is 191 g/mol. The smallest absolute Gasteiger partial charge is 0.118 e. The molecule has 1 heterocycles. The first-order valence-corrected chi connectivity index (χ1v) is 5.27. The number of piperidine rings is 1. The minimum absolute atomic E-state index is 0.551. The van der Waals surface area contributed by atoms with Gasteiger partial charge in [-0.1, -0.05) is 18.6 Å². The maximum atomic E-state index is 5.14. The zero-order chi connectivity index (χ0) is 9.80. The Balaban J connectivity index is 2.07. The van der Waals surface area contributed by atoms with Gasteiger partial charge in [-0.2, -0.15) is 0 Å². The first-order valence-electron chi connectivity index (χ1n) is 5.27. The van der Waals surface area contributed by atoms with Gasteiger partial charge in [-0.05, 0) is 37.1 Å². The molecule has 1 fully saturated rings. The maximum absolute atomic E-state index is 5.14. The van der Waals surface area contributed by atoms with Crippen molar-refractivity contribution < 1.29 is 4.74 Å². The summed E-state index contributed by atoms with van der Waals surface area (Å²) in [7, 11) is 1.70. The molecule has 14 heavy (non-hydrogen) atoms. The minimum atomic E-state index is 0.551. The summed E-state index contributed by atoms with van der Waals surface area (Å²) in [5, 5.41) is 3.53. The van der Waals surface area contributed by atoms with Crippen molar-refractivity contribution in [2.45, 2.75) is 25.3 Å². The summed E-state index contributed by atoms with van der Waals surface area (Å²) in [6.07, 6.45) is 3.91. The van der Waals surface area contributed by atoms with Gasteiger partial charge in [0.05, 0.1) is 7.11 Å². The fourth-order valence-electron chi connectivity index (χ4n) is 1.97. The Morgan fingerprint density at radius 1 is 1.21 bits per heavy atom. The van der Waals surface area contributed by atoms with Crippen LogP contribution in [-0.2, 0) is 0 Å². The molecule has 1 N–H and O–H groups in total. The highest BCUT2D eigenvalue weighted by atomic mass is 16.5. The van der Waals surface area contributed by atoms with Crippen molar-refractivity contribution in [2.75, 3.05) is 13.7 Å². The van der Waals surface area contributed by atoms with Gasteiger partial charge in [-0.3, -0.25) is 0 Å². The molecule has 1 aromatic carbocycles. The summed E-state index contributed by atoms with van der Waals surface area (Å²) in [6.45, 7) is 1.15. The van der Waals surface area contributed by atoms with Crippen molar-refractivity contribution >= 4 is 0 Å². The van der Waals surface area contributed by atoms with Gasteiger partial charge in [0, 0.05) is 6.04 Å². The van der Waals surface area contributed by atoms with E-state index in [1.54, 1.807) is 7.11 Å². The molecule has 0 radical (unpaired) electrons. The summed E-state index contributed by atoms with van der Waals surface area (Å²) in [6, 6.07) is 8.93. The third-order valence-electron chi connectivity index (χ3n) is 2.83. The summed E-state index contributed by atoms with van der Waals surface area (Å²) in [5.74, 6) is 0.935. The maximum Gasteiger partial charge on any atom is 0.118 e. The molecule has 0 spiro atoms. The predicted molar refractivity (Wildman–Crippen MR) is 57.6 cm³/mol. The van der Waals surface area contributed by atoms with E-state index in [4.69, 9.17) is 4.74 Å². The number of benzene rings is 1. The quantitative estimate of drug-likeness (QED) is 0.775. The molecular formula is C12H17NO. The van der Waals surface area contributed by atoms with E-state index >= 15 is 0 Å². The van der Waals surface area contributed by atoms with E-state index in [1.807, 2.05) is 12.1 Å². The molecule has 0 aliphatic carbocycles. The van der Waals surface area contributed by atoms with Crippen molar-refractivity contribution in [3.63, 3.8) is 0 Å². The van der Waals surface area contributed by atoms with Crippen LogP contribution < -0.4 is 10.1 Å². The second-order valence-corrected chi connectivity index (χ2v) is 3.78. The molecule has 0 bridgehead atoms. The number of methoxy groups -OCH3 is 1. The van der Waals surface area contributed by atoms with Gasteiger partial charge >= 0.3 is 0 Å². The fourth-order valence-corrected chi connectivity index (χ4v) is 1.97. The van der Waals surface area contributed by atoms with E-state index in [-0.39, 0.29) is 0 Å². The lowest BCUT2D eigenvalue weighted by Crippen LogP contribution is -2.26. The van der Waals surface area contributed by atoms with E-state index in [9.17, 15) is 0 Å². The van der Waals surface area contributed by atoms with Crippen LogP contribution in [0.25, 0.3) is 0 Å². The van der Waals surface area contributed by atoms with Crippen LogP contribution in [0.3, 0.4) is 0 Å². The van der Waals surface area contributed by atoms with Gasteiger partial charge in [0.2, 0.25) is 0 Å². The molecule has 76 valence electrons. The Bertz CT molecular complexity index is 275. The van der Waals surface area contributed by atoms with Crippen molar-refractivity contribution in [3.8, 4) is 5.75 Å². The number of ether oxygens (including phenoxy) is 1. The van der Waals surface area contributed by atoms with E-state index in [1.165, 1.54) is 24.8 Å². The van der Waals surface area contributed by atoms with Crippen LogP contribution in [0.5, 0.6) is 5.75 Å². The van der Waals surface area contributed by atoms with E-state index in [0.29, 0.717) is 6.04 Å². The predicted octanol–water partition coefficient (Wildman–Crippen LogP) is 2.51. The first-order chi connectivity index (χ1) is 6.90. The molecule has 1 saturated heterocycles. The molecule has 0 unspecified atom stereocenters. The topological polar surface area (TPSA) is 21.3 Å². The molecule has 2 nitrogen and oxygen atoms in total. The summed E-state index contributed by atoms with van der Waals surface area (Å²) in [4.78, 5) is 0. The average Bonchev–Trinajstić information content (AvgIpc) is 2.30. The van der Waals surface area contributed by atoms with Crippen LogP contribution in [0.4, 0.5) is 0 Å². The van der Waals surface area contributed by atoms with E-state index in [0.717, 1.165) is 12.3 Å². The largest absolute Gasteiger partial charge is 0.497 e. The van der Waals surface area contributed by atoms with Gasteiger partial charge in [-0.15, -0.1) is 0 Å². The lowest BCUT2D eigenvalue weighted by Gasteiger charge is -2.23. The van der Waals surface area contributed by atoms with Gasteiger partial charge in [0.25, 0.3) is 0 Å². The highest BCUT2D eigenvalue weighted by Gasteiger charge is 2.13. The summed E-state index contributed by atoms with van der Waals surface area (Å²) in [5.41, 5.74) is 1.38. The third-order valence-corrected chi connectivity index (χ3v) is 2.83. The van der Waals surface area contributed by atoms with Gasteiger partial charge in [-0.25, -0.2) is 0 Å². The lowest BCUT2D eigenvalue weighted by atomic mass is 9.98. The zero-order valence-electron chi connectivity index (χ0n) is 8.62. The number of hydrogen-bond donors (Lipinski definition) is 1. The third kappa shape index (κ3) is 2.07. The van der Waals surface area contributed by atoms with Gasteiger partial charge in [0.1, 0.15) is 5.75 Å². The Morgan fingerprint density at radius 3 is 2.57 bits per heavy atom. The van der Waals surface area contributed by atoms with Crippen LogP contribution in [0.15, 0.2) is 24.3 Å². The first kappa shape index (κ1) is 9.53. The Kier molecular flexibility index (Phi) is 3.04. The van der Waals surface area contributed by atoms with Crippen LogP contribution in [0.2, 0.25) is 0 Å². The number of nitrogens with one attached hydrogen (secondary N) is 1. The molecule has 1 atom stereocenters. The second kappa shape index (κ2) is 4.47. The average molecular weight is 191 g/mol. The Hall–Kier alpha value is -1.02. The Labute approximate surface area is 85.3 Å². The molecule has 0 aromatic heterocycles. The van der Waals surface area contributed by atoms with Crippen molar-refractivity contribution in [2.24, 2.45) is 0 Å². The second-order valence-electron chi connectivity index (χ2n) is 3.78. The van der Waals surface area contributed by atoms with Crippen LogP contribution in [0, 0.1) is 0 Å². The SMILES string of the molecule is COc1ccc([C@@H]2CCCCN2)cc1. The standard InChI is InChI=1S/C12H17NO/c1-14-11-7-5-10(6-8-11)12-4-2-3-9-13-12/h5-8,12-13H,2-4,9H2,1H3/t12-/m0/s1. The van der Waals surface area contributed by atoms with Crippen molar-refractivity contribution in [3.05, 3.63) is 29.8 Å². The minimum Gasteiger partial charge on any atom is -0.497 e. The van der Waals surface area contributed by atoms with Crippen molar-refractivity contribution in [1.82, 2.24) is 5.32 Å². The van der Waals surface area contributed by atoms with E-state index < -0.39 is 0 Å². The van der Waals surface area contributed by atoms with Gasteiger partial charge in [0.15, 0.2) is 0 Å². The van der Waals surface area contributed by atoms with Crippen LogP contribution in [-0.4, -0.2) is 13.7 Å².